The summed E-state index contributed by atoms with van der Waals surface area (Å²) in [7, 11) is 0. The molecule has 1 aromatic carbocycles. The molecule has 0 fully saturated rings. The maximum absolute atomic E-state index is 6.06. The van der Waals surface area contributed by atoms with Crippen LogP contribution in [0.3, 0.4) is 0 Å². The molecule has 0 atom stereocenters. The Kier molecular flexibility index (Phi) is 4.58. The zero-order valence-electron chi connectivity index (χ0n) is 10.1. The van der Waals surface area contributed by atoms with E-state index in [1.54, 1.807) is 23.5 Å². The topological polar surface area (TPSA) is 48.1 Å². The molecule has 1 aromatic heterocycles. The standard InChI is InChI=1S/C13H15ClN2OS/c1-9-13(18-8-16-9)4-5-17-7-10-6-11(15)2-3-12(10)14/h2-3,6,8H,4-5,7,15H2,1H3. The van der Waals surface area contributed by atoms with Gasteiger partial charge in [0.25, 0.3) is 0 Å². The van der Waals surface area contributed by atoms with Crippen LogP contribution in [-0.4, -0.2) is 11.6 Å². The number of aromatic nitrogens is 1. The lowest BCUT2D eigenvalue weighted by molar-refractivity contribution is 0.124. The van der Waals surface area contributed by atoms with E-state index in [2.05, 4.69) is 4.98 Å². The van der Waals surface area contributed by atoms with Crippen molar-refractivity contribution in [3.63, 3.8) is 0 Å². The fourth-order valence-electron chi connectivity index (χ4n) is 1.62. The van der Waals surface area contributed by atoms with Gasteiger partial charge in [-0.2, -0.15) is 0 Å². The van der Waals surface area contributed by atoms with Crippen molar-refractivity contribution < 1.29 is 4.74 Å². The van der Waals surface area contributed by atoms with E-state index < -0.39 is 0 Å². The van der Waals surface area contributed by atoms with Crippen molar-refractivity contribution in [1.82, 2.24) is 4.98 Å². The molecule has 0 aliphatic heterocycles. The van der Waals surface area contributed by atoms with Gasteiger partial charge in [0, 0.05) is 22.0 Å². The van der Waals surface area contributed by atoms with Crippen molar-refractivity contribution in [3.05, 3.63) is 44.9 Å². The SMILES string of the molecule is Cc1ncsc1CCOCc1cc(N)ccc1Cl. The fourth-order valence-corrected chi connectivity index (χ4v) is 2.55. The number of halogens is 1. The first-order valence-corrected chi connectivity index (χ1v) is 6.93. The van der Waals surface area contributed by atoms with Crippen LogP contribution >= 0.6 is 22.9 Å². The Morgan fingerprint density at radius 1 is 1.44 bits per heavy atom. The van der Waals surface area contributed by atoms with Gasteiger partial charge in [-0.1, -0.05) is 11.6 Å². The van der Waals surface area contributed by atoms with Crippen LogP contribution in [0.1, 0.15) is 16.1 Å². The lowest BCUT2D eigenvalue weighted by atomic mass is 10.2. The smallest absolute Gasteiger partial charge is 0.0797 e. The Bertz CT molecular complexity index is 527. The van der Waals surface area contributed by atoms with Crippen LogP contribution in [0, 0.1) is 6.92 Å². The Morgan fingerprint density at radius 2 is 2.28 bits per heavy atom. The molecule has 96 valence electrons. The van der Waals surface area contributed by atoms with Crippen molar-refractivity contribution >= 4 is 28.6 Å². The third kappa shape index (κ3) is 3.45. The van der Waals surface area contributed by atoms with Gasteiger partial charge in [0.15, 0.2) is 0 Å². The zero-order chi connectivity index (χ0) is 13.0. The van der Waals surface area contributed by atoms with Crippen LogP contribution in [0.25, 0.3) is 0 Å². The summed E-state index contributed by atoms with van der Waals surface area (Å²) in [4.78, 5) is 5.48. The van der Waals surface area contributed by atoms with Crippen LogP contribution in [0.15, 0.2) is 23.7 Å². The first kappa shape index (κ1) is 13.3. The maximum Gasteiger partial charge on any atom is 0.0797 e. The highest BCUT2D eigenvalue weighted by molar-refractivity contribution is 7.09. The summed E-state index contributed by atoms with van der Waals surface area (Å²) in [6.07, 6.45) is 0.885. The lowest BCUT2D eigenvalue weighted by Crippen LogP contribution is -2.00. The monoisotopic (exact) mass is 282 g/mol. The molecule has 18 heavy (non-hydrogen) atoms. The van der Waals surface area contributed by atoms with E-state index in [-0.39, 0.29) is 0 Å². The van der Waals surface area contributed by atoms with Gasteiger partial charge in [-0.15, -0.1) is 11.3 Å². The minimum Gasteiger partial charge on any atom is -0.399 e. The van der Waals surface area contributed by atoms with E-state index in [4.69, 9.17) is 22.1 Å². The van der Waals surface area contributed by atoms with E-state index in [9.17, 15) is 0 Å². The predicted molar refractivity (Wildman–Crippen MR) is 76.1 cm³/mol. The molecule has 2 aromatic rings. The molecule has 3 nitrogen and oxygen atoms in total. The Hall–Kier alpha value is -1.10. The highest BCUT2D eigenvalue weighted by Crippen LogP contribution is 2.20. The average molecular weight is 283 g/mol. The summed E-state index contributed by atoms with van der Waals surface area (Å²) in [5.41, 5.74) is 10.3. The van der Waals surface area contributed by atoms with Crippen molar-refractivity contribution in [2.24, 2.45) is 0 Å². The molecule has 0 bridgehead atoms. The summed E-state index contributed by atoms with van der Waals surface area (Å²) in [6, 6.07) is 5.43. The normalized spacial score (nSPS) is 10.8. The molecule has 1 heterocycles. The van der Waals surface area contributed by atoms with E-state index in [0.717, 1.165) is 17.7 Å². The molecule has 0 aliphatic carbocycles. The molecular weight excluding hydrogens is 268 g/mol. The molecule has 0 saturated heterocycles. The number of aryl methyl sites for hydroxylation is 1. The molecular formula is C13H15ClN2OS. The number of nitrogens with two attached hydrogens (primary N) is 1. The summed E-state index contributed by atoms with van der Waals surface area (Å²) >= 11 is 7.72. The Morgan fingerprint density at radius 3 is 3.00 bits per heavy atom. The molecule has 2 N–H and O–H groups in total. The van der Waals surface area contributed by atoms with Crippen molar-refractivity contribution in [1.29, 1.82) is 0 Å². The quantitative estimate of drug-likeness (QED) is 0.675. The van der Waals surface area contributed by atoms with Crippen molar-refractivity contribution in [2.45, 2.75) is 20.0 Å². The number of nitrogen functional groups attached to an aromatic ring is 1. The molecule has 0 unspecified atom stereocenters. The first-order chi connectivity index (χ1) is 8.66. The van der Waals surface area contributed by atoms with Gasteiger partial charge in [0.1, 0.15) is 0 Å². The largest absolute Gasteiger partial charge is 0.399 e. The molecule has 0 amide bonds. The van der Waals surface area contributed by atoms with E-state index in [0.29, 0.717) is 23.9 Å². The number of anilines is 1. The van der Waals surface area contributed by atoms with Gasteiger partial charge < -0.3 is 10.5 Å². The fraction of sp³-hybridized carbons (Fsp3) is 0.308. The van der Waals surface area contributed by atoms with Crippen LogP contribution in [-0.2, 0) is 17.8 Å². The lowest BCUT2D eigenvalue weighted by Gasteiger charge is -2.06. The van der Waals surface area contributed by atoms with Gasteiger partial charge in [-0.3, -0.25) is 0 Å². The number of hydrogen-bond donors (Lipinski definition) is 1. The van der Waals surface area contributed by atoms with E-state index in [1.165, 1.54) is 4.88 Å². The summed E-state index contributed by atoms with van der Waals surface area (Å²) in [5.74, 6) is 0. The number of benzene rings is 1. The van der Waals surface area contributed by atoms with E-state index in [1.807, 2.05) is 18.5 Å². The summed E-state index contributed by atoms with van der Waals surface area (Å²) in [6.45, 7) is 3.16. The number of nitrogens with zero attached hydrogens (tertiary/aromatic N) is 1. The molecule has 2 rings (SSSR count). The van der Waals surface area contributed by atoms with Gasteiger partial charge >= 0.3 is 0 Å². The zero-order valence-corrected chi connectivity index (χ0v) is 11.7. The van der Waals surface area contributed by atoms with Crippen LogP contribution in [0.4, 0.5) is 5.69 Å². The highest BCUT2D eigenvalue weighted by Gasteiger charge is 2.03. The molecule has 0 saturated carbocycles. The van der Waals surface area contributed by atoms with Crippen LogP contribution in [0.5, 0.6) is 0 Å². The van der Waals surface area contributed by atoms with Crippen molar-refractivity contribution in [3.8, 4) is 0 Å². The summed E-state index contributed by atoms with van der Waals surface area (Å²) in [5, 5.41) is 0.693. The Balaban J connectivity index is 1.82. The van der Waals surface area contributed by atoms with Crippen LogP contribution in [0.2, 0.25) is 5.02 Å². The van der Waals surface area contributed by atoms with Gasteiger partial charge in [-0.25, -0.2) is 4.98 Å². The van der Waals surface area contributed by atoms with Gasteiger partial charge in [0.2, 0.25) is 0 Å². The first-order valence-electron chi connectivity index (χ1n) is 5.67. The van der Waals surface area contributed by atoms with Crippen LogP contribution < -0.4 is 5.73 Å². The number of ether oxygens (including phenoxy) is 1. The van der Waals surface area contributed by atoms with Gasteiger partial charge in [0.05, 0.1) is 24.4 Å². The molecule has 0 spiro atoms. The minimum absolute atomic E-state index is 0.488. The molecule has 0 radical (unpaired) electrons. The highest BCUT2D eigenvalue weighted by atomic mass is 35.5. The average Bonchev–Trinajstić information content (AvgIpc) is 2.75. The maximum atomic E-state index is 6.06. The second kappa shape index (κ2) is 6.18. The Labute approximate surface area is 116 Å². The predicted octanol–water partition coefficient (Wildman–Crippen LogP) is 3.45. The van der Waals surface area contributed by atoms with Gasteiger partial charge in [-0.05, 0) is 30.7 Å². The minimum atomic E-state index is 0.488. The molecule has 0 aliphatic rings. The third-order valence-corrected chi connectivity index (χ3v) is 4.01. The number of hydrogen-bond acceptors (Lipinski definition) is 4. The third-order valence-electron chi connectivity index (χ3n) is 2.65. The second-order valence-electron chi connectivity index (χ2n) is 4.01. The van der Waals surface area contributed by atoms with E-state index >= 15 is 0 Å². The number of thiazole rings is 1. The molecule has 5 heteroatoms. The number of rotatable bonds is 5. The second-order valence-corrected chi connectivity index (χ2v) is 5.36. The summed E-state index contributed by atoms with van der Waals surface area (Å²) < 4.78 is 5.62. The van der Waals surface area contributed by atoms with Crippen molar-refractivity contribution in [2.75, 3.05) is 12.3 Å².